The zero-order valence-electron chi connectivity index (χ0n) is 12.5. The molecule has 0 amide bonds. The number of nitrogens with zero attached hydrogens (tertiary/aromatic N) is 1. The normalized spacial score (nSPS) is 24.1. The summed E-state index contributed by atoms with van der Waals surface area (Å²) in [5.74, 6) is -0.722. The number of carbonyl (C=O) groups is 1. The topological polar surface area (TPSA) is 78.6 Å². The third kappa shape index (κ3) is 4.52. The van der Waals surface area contributed by atoms with Crippen LogP contribution >= 0.6 is 0 Å². The highest BCUT2D eigenvalue weighted by Crippen LogP contribution is 2.26. The quantitative estimate of drug-likeness (QED) is 0.699. The number of benzene rings is 1. The predicted octanol–water partition coefficient (Wildman–Crippen LogP) is 1.04. The predicted molar refractivity (Wildman–Crippen MR) is 82.9 cm³/mol. The van der Waals surface area contributed by atoms with E-state index in [-0.39, 0.29) is 18.1 Å². The Kier molecular flexibility index (Phi) is 5.73. The molecule has 1 aliphatic heterocycles. The smallest absolute Gasteiger partial charge is 0.320 e. The van der Waals surface area contributed by atoms with Crippen molar-refractivity contribution < 1.29 is 9.90 Å². The summed E-state index contributed by atoms with van der Waals surface area (Å²) in [6, 6.07) is 10.0. The van der Waals surface area contributed by atoms with Crippen LogP contribution < -0.4 is 11.1 Å². The average molecular weight is 291 g/mol. The van der Waals surface area contributed by atoms with Gasteiger partial charge in [-0.2, -0.15) is 0 Å². The maximum absolute atomic E-state index is 11.4. The highest BCUT2D eigenvalue weighted by Gasteiger charge is 2.37. The maximum Gasteiger partial charge on any atom is 0.320 e. The molecule has 4 N–H and O–H groups in total. The third-order valence-corrected chi connectivity index (χ3v) is 3.98. The molecule has 1 unspecified atom stereocenters. The van der Waals surface area contributed by atoms with Gasteiger partial charge in [0.1, 0.15) is 6.04 Å². The van der Waals surface area contributed by atoms with Gasteiger partial charge in [0.25, 0.3) is 0 Å². The molecule has 3 atom stereocenters. The van der Waals surface area contributed by atoms with E-state index in [4.69, 9.17) is 5.73 Å². The molecule has 21 heavy (non-hydrogen) atoms. The van der Waals surface area contributed by atoms with Crippen molar-refractivity contribution in [3.63, 3.8) is 0 Å². The summed E-state index contributed by atoms with van der Waals surface area (Å²) in [6.45, 7) is 4.19. The molecular weight excluding hydrogens is 266 g/mol. The van der Waals surface area contributed by atoms with Crippen molar-refractivity contribution in [2.24, 2.45) is 5.73 Å². The Morgan fingerprint density at radius 2 is 2.14 bits per heavy atom. The summed E-state index contributed by atoms with van der Waals surface area (Å²) < 4.78 is 0. The lowest BCUT2D eigenvalue weighted by atomic mass is 10.1. The molecule has 5 heteroatoms. The summed E-state index contributed by atoms with van der Waals surface area (Å²) in [5, 5.41) is 12.8. The van der Waals surface area contributed by atoms with Crippen LogP contribution in [0.15, 0.2) is 30.3 Å². The largest absolute Gasteiger partial charge is 0.480 e. The Morgan fingerprint density at radius 1 is 1.43 bits per heavy atom. The van der Waals surface area contributed by atoms with Crippen LogP contribution in [0.4, 0.5) is 0 Å². The summed E-state index contributed by atoms with van der Waals surface area (Å²) >= 11 is 0. The Bertz CT molecular complexity index is 450. The van der Waals surface area contributed by atoms with Crippen LogP contribution in [0.3, 0.4) is 0 Å². The number of carboxylic acid groups (broad SMARTS) is 1. The van der Waals surface area contributed by atoms with Gasteiger partial charge in [-0.05, 0) is 25.3 Å². The molecule has 1 aromatic carbocycles. The molecule has 0 saturated carbocycles. The zero-order valence-corrected chi connectivity index (χ0v) is 12.5. The van der Waals surface area contributed by atoms with Crippen molar-refractivity contribution in [3.8, 4) is 0 Å². The first-order chi connectivity index (χ1) is 10.1. The summed E-state index contributed by atoms with van der Waals surface area (Å²) in [5.41, 5.74) is 6.90. The molecule has 1 aromatic rings. The van der Waals surface area contributed by atoms with E-state index < -0.39 is 5.97 Å². The van der Waals surface area contributed by atoms with E-state index in [0.717, 1.165) is 25.1 Å². The van der Waals surface area contributed by atoms with Crippen molar-refractivity contribution in [2.45, 2.75) is 44.4 Å². The minimum atomic E-state index is -0.722. The van der Waals surface area contributed by atoms with Crippen molar-refractivity contribution in [2.75, 3.05) is 13.1 Å². The van der Waals surface area contributed by atoms with E-state index in [0.29, 0.717) is 13.0 Å². The van der Waals surface area contributed by atoms with Gasteiger partial charge in [0.15, 0.2) is 0 Å². The highest BCUT2D eigenvalue weighted by atomic mass is 16.4. The highest BCUT2D eigenvalue weighted by molar-refractivity contribution is 5.74. The van der Waals surface area contributed by atoms with E-state index in [1.54, 1.807) is 0 Å². The number of hydrogen-bond acceptors (Lipinski definition) is 4. The van der Waals surface area contributed by atoms with Gasteiger partial charge in [-0.25, -0.2) is 0 Å². The van der Waals surface area contributed by atoms with E-state index in [1.165, 1.54) is 0 Å². The average Bonchev–Trinajstić information content (AvgIpc) is 2.83. The number of nitrogens with one attached hydrogen (secondary N) is 1. The molecule has 1 fully saturated rings. The second-order valence-electron chi connectivity index (χ2n) is 5.88. The molecule has 1 aliphatic rings. The van der Waals surface area contributed by atoms with E-state index in [2.05, 4.69) is 10.2 Å². The Labute approximate surface area is 126 Å². The van der Waals surface area contributed by atoms with E-state index in [9.17, 15) is 9.90 Å². The first kappa shape index (κ1) is 15.9. The van der Waals surface area contributed by atoms with Crippen LogP contribution in [0.5, 0.6) is 0 Å². The lowest BCUT2D eigenvalue weighted by molar-refractivity contribution is -0.142. The fourth-order valence-corrected chi connectivity index (χ4v) is 2.93. The molecule has 0 aromatic heterocycles. The fraction of sp³-hybridized carbons (Fsp3) is 0.562. The van der Waals surface area contributed by atoms with Crippen LogP contribution in [0, 0.1) is 0 Å². The maximum atomic E-state index is 11.4. The van der Waals surface area contributed by atoms with Gasteiger partial charge >= 0.3 is 5.97 Å². The van der Waals surface area contributed by atoms with Gasteiger partial charge in [-0.15, -0.1) is 0 Å². The van der Waals surface area contributed by atoms with Crippen LogP contribution in [-0.2, 0) is 11.3 Å². The van der Waals surface area contributed by atoms with Gasteiger partial charge in [0.2, 0.25) is 0 Å². The standard InChI is InChI=1S/C16H25N3O2/c1-12(17)9-18-10-14-7-8-15(16(20)21)19(14)11-13-5-3-2-4-6-13/h2-6,12,14-15,18H,7-11,17H2,1H3,(H,20,21)/t12?,14-,15+/m0/s1. The number of nitrogens with two attached hydrogens (primary N) is 1. The number of hydrogen-bond donors (Lipinski definition) is 3. The monoisotopic (exact) mass is 291 g/mol. The van der Waals surface area contributed by atoms with Crippen molar-refractivity contribution >= 4 is 5.97 Å². The third-order valence-electron chi connectivity index (χ3n) is 3.98. The van der Waals surface area contributed by atoms with Gasteiger partial charge in [0, 0.05) is 31.7 Å². The first-order valence-corrected chi connectivity index (χ1v) is 7.56. The van der Waals surface area contributed by atoms with Gasteiger partial charge in [-0.3, -0.25) is 9.69 Å². The molecule has 0 radical (unpaired) electrons. The second kappa shape index (κ2) is 7.54. The van der Waals surface area contributed by atoms with Crippen LogP contribution in [0.2, 0.25) is 0 Å². The molecule has 1 heterocycles. The first-order valence-electron chi connectivity index (χ1n) is 7.56. The van der Waals surface area contributed by atoms with Crippen LogP contribution in [-0.4, -0.2) is 47.2 Å². The number of aliphatic carboxylic acids is 1. The minimum absolute atomic E-state index is 0.115. The van der Waals surface area contributed by atoms with Crippen molar-refractivity contribution in [1.29, 1.82) is 0 Å². The second-order valence-corrected chi connectivity index (χ2v) is 5.88. The Balaban J connectivity index is 2.00. The van der Waals surface area contributed by atoms with E-state index >= 15 is 0 Å². The SMILES string of the molecule is CC(N)CNC[C@@H]1CC[C@H](C(=O)O)N1Cc1ccccc1. The Morgan fingerprint density at radius 3 is 2.76 bits per heavy atom. The molecule has 0 aliphatic carbocycles. The molecule has 116 valence electrons. The lowest BCUT2D eigenvalue weighted by Gasteiger charge is -2.28. The van der Waals surface area contributed by atoms with Gasteiger partial charge < -0.3 is 16.2 Å². The summed E-state index contributed by atoms with van der Waals surface area (Å²) in [6.07, 6.45) is 1.63. The molecule has 0 bridgehead atoms. The lowest BCUT2D eigenvalue weighted by Crippen LogP contribution is -2.45. The molecule has 1 saturated heterocycles. The molecule has 0 spiro atoms. The molecular formula is C16H25N3O2. The minimum Gasteiger partial charge on any atom is -0.480 e. The van der Waals surface area contributed by atoms with Crippen molar-refractivity contribution in [3.05, 3.63) is 35.9 Å². The summed E-state index contributed by atoms with van der Waals surface area (Å²) in [7, 11) is 0. The Hall–Kier alpha value is -1.43. The summed E-state index contributed by atoms with van der Waals surface area (Å²) in [4.78, 5) is 13.6. The number of carboxylic acids is 1. The van der Waals surface area contributed by atoms with Crippen molar-refractivity contribution in [1.82, 2.24) is 10.2 Å². The molecule has 5 nitrogen and oxygen atoms in total. The number of likely N-dealkylation sites (tertiary alicyclic amines) is 1. The fourth-order valence-electron chi connectivity index (χ4n) is 2.93. The van der Waals surface area contributed by atoms with Crippen LogP contribution in [0.25, 0.3) is 0 Å². The van der Waals surface area contributed by atoms with Crippen LogP contribution in [0.1, 0.15) is 25.3 Å². The number of rotatable bonds is 7. The zero-order chi connectivity index (χ0) is 15.2. The van der Waals surface area contributed by atoms with Gasteiger partial charge in [0.05, 0.1) is 0 Å². The van der Waals surface area contributed by atoms with E-state index in [1.807, 2.05) is 37.3 Å². The molecule has 2 rings (SSSR count). The van der Waals surface area contributed by atoms with Gasteiger partial charge in [-0.1, -0.05) is 30.3 Å².